The van der Waals surface area contributed by atoms with E-state index in [0.29, 0.717) is 6.04 Å². The number of pyridine rings is 1. The van der Waals surface area contributed by atoms with Crippen molar-refractivity contribution in [1.82, 2.24) is 15.6 Å². The number of aryl methyl sites for hydroxylation is 1. The van der Waals surface area contributed by atoms with E-state index in [0.717, 1.165) is 38.6 Å². The number of nitrogens with zero attached hydrogens (tertiary/aromatic N) is 1. The van der Waals surface area contributed by atoms with Crippen molar-refractivity contribution in [3.05, 3.63) is 30.1 Å². The van der Waals surface area contributed by atoms with Gasteiger partial charge in [0.05, 0.1) is 0 Å². The molecule has 1 aliphatic rings. The summed E-state index contributed by atoms with van der Waals surface area (Å²) in [6.07, 6.45) is 11.6. The molecule has 4 heteroatoms. The fourth-order valence-electron chi connectivity index (χ4n) is 2.51. The van der Waals surface area contributed by atoms with E-state index in [4.69, 9.17) is 0 Å². The van der Waals surface area contributed by atoms with Crippen molar-refractivity contribution in [1.29, 1.82) is 0 Å². The van der Waals surface area contributed by atoms with Crippen molar-refractivity contribution in [2.24, 2.45) is 0 Å². The van der Waals surface area contributed by atoms with Gasteiger partial charge in [0.25, 0.3) is 0 Å². The van der Waals surface area contributed by atoms with E-state index < -0.39 is 0 Å². The molecule has 4 nitrogen and oxygen atoms in total. The molecule has 0 saturated heterocycles. The number of hydrogen-bond donors (Lipinski definition) is 2. The maximum Gasteiger partial charge on any atom is 0.315 e. The number of nitrogens with one attached hydrogen (secondary N) is 2. The van der Waals surface area contributed by atoms with Crippen LogP contribution in [0, 0.1) is 0 Å². The molecule has 1 fully saturated rings. The second-order valence-electron chi connectivity index (χ2n) is 5.20. The number of carbonyl (C=O) groups excluding carboxylic acids is 1. The molecule has 2 amide bonds. The topological polar surface area (TPSA) is 54.0 Å². The lowest BCUT2D eigenvalue weighted by molar-refractivity contribution is 0.237. The number of aromatic nitrogens is 1. The molecule has 2 N–H and O–H groups in total. The summed E-state index contributed by atoms with van der Waals surface area (Å²) in [4.78, 5) is 15.7. The number of rotatable bonds is 6. The van der Waals surface area contributed by atoms with Crippen LogP contribution in [0.4, 0.5) is 4.79 Å². The zero-order chi connectivity index (χ0) is 13.3. The molecule has 1 aliphatic carbocycles. The summed E-state index contributed by atoms with van der Waals surface area (Å²) >= 11 is 0. The van der Waals surface area contributed by atoms with Crippen LogP contribution in [0.3, 0.4) is 0 Å². The van der Waals surface area contributed by atoms with Crippen molar-refractivity contribution in [2.75, 3.05) is 6.54 Å². The van der Waals surface area contributed by atoms with Gasteiger partial charge in [0.1, 0.15) is 0 Å². The summed E-state index contributed by atoms with van der Waals surface area (Å²) < 4.78 is 0. The summed E-state index contributed by atoms with van der Waals surface area (Å²) in [6, 6.07) is 4.44. The van der Waals surface area contributed by atoms with E-state index in [1.54, 1.807) is 6.20 Å². The SMILES string of the molecule is O=C(NCCCCc1cccnc1)NC1CCCC1. The van der Waals surface area contributed by atoms with Crippen LogP contribution in [0.15, 0.2) is 24.5 Å². The first-order chi connectivity index (χ1) is 9.34. The van der Waals surface area contributed by atoms with Gasteiger partial charge in [-0.3, -0.25) is 4.98 Å². The highest BCUT2D eigenvalue weighted by atomic mass is 16.2. The number of carbonyl (C=O) groups is 1. The lowest BCUT2D eigenvalue weighted by atomic mass is 10.1. The van der Waals surface area contributed by atoms with Gasteiger partial charge in [0, 0.05) is 25.0 Å². The van der Waals surface area contributed by atoms with E-state index in [9.17, 15) is 4.79 Å². The number of amides is 2. The first-order valence-electron chi connectivity index (χ1n) is 7.28. The minimum Gasteiger partial charge on any atom is -0.338 e. The van der Waals surface area contributed by atoms with Crippen LogP contribution in [-0.4, -0.2) is 23.6 Å². The van der Waals surface area contributed by atoms with Gasteiger partial charge in [-0.05, 0) is 43.7 Å². The molecule has 0 bridgehead atoms. The molecule has 104 valence electrons. The third kappa shape index (κ3) is 5.28. The van der Waals surface area contributed by atoms with Crippen molar-refractivity contribution in [2.45, 2.75) is 51.0 Å². The van der Waals surface area contributed by atoms with Gasteiger partial charge < -0.3 is 10.6 Å². The Hall–Kier alpha value is -1.58. The Morgan fingerprint density at radius 3 is 2.89 bits per heavy atom. The van der Waals surface area contributed by atoms with E-state index in [1.165, 1.54) is 18.4 Å². The Morgan fingerprint density at radius 2 is 2.16 bits per heavy atom. The average molecular weight is 261 g/mol. The Labute approximate surface area is 115 Å². The molecule has 0 spiro atoms. The zero-order valence-corrected chi connectivity index (χ0v) is 11.4. The largest absolute Gasteiger partial charge is 0.338 e. The lowest BCUT2D eigenvalue weighted by Gasteiger charge is -2.12. The van der Waals surface area contributed by atoms with E-state index in [2.05, 4.69) is 21.7 Å². The normalized spacial score (nSPS) is 15.4. The Kier molecular flexibility index (Phi) is 5.66. The molecular formula is C15H23N3O. The van der Waals surface area contributed by atoms with Crippen molar-refractivity contribution >= 4 is 6.03 Å². The van der Waals surface area contributed by atoms with Gasteiger partial charge in [-0.15, -0.1) is 0 Å². The maximum atomic E-state index is 11.6. The molecule has 1 aromatic rings. The molecule has 1 aromatic heterocycles. The lowest BCUT2D eigenvalue weighted by Crippen LogP contribution is -2.41. The number of unbranched alkanes of at least 4 members (excludes halogenated alkanes) is 1. The first kappa shape index (κ1) is 13.8. The monoisotopic (exact) mass is 261 g/mol. The number of hydrogen-bond acceptors (Lipinski definition) is 2. The summed E-state index contributed by atoms with van der Waals surface area (Å²) in [5.41, 5.74) is 1.26. The van der Waals surface area contributed by atoms with E-state index >= 15 is 0 Å². The van der Waals surface area contributed by atoms with Gasteiger partial charge in [0.15, 0.2) is 0 Å². The fourth-order valence-corrected chi connectivity index (χ4v) is 2.51. The predicted octanol–water partition coefficient (Wildman–Crippen LogP) is 2.65. The van der Waals surface area contributed by atoms with Crippen LogP contribution in [0.5, 0.6) is 0 Å². The van der Waals surface area contributed by atoms with Crippen LogP contribution in [0.2, 0.25) is 0 Å². The van der Waals surface area contributed by atoms with Crippen LogP contribution in [0.25, 0.3) is 0 Å². The molecule has 1 saturated carbocycles. The predicted molar refractivity (Wildman–Crippen MR) is 76.0 cm³/mol. The highest BCUT2D eigenvalue weighted by Gasteiger charge is 2.16. The van der Waals surface area contributed by atoms with Gasteiger partial charge in [-0.25, -0.2) is 4.79 Å². The summed E-state index contributed by atoms with van der Waals surface area (Å²) in [7, 11) is 0. The summed E-state index contributed by atoms with van der Waals surface area (Å²) in [6.45, 7) is 0.749. The van der Waals surface area contributed by atoms with Crippen molar-refractivity contribution < 1.29 is 4.79 Å². The van der Waals surface area contributed by atoms with Crippen molar-refractivity contribution in [3.8, 4) is 0 Å². The second kappa shape index (κ2) is 7.77. The van der Waals surface area contributed by atoms with Crippen LogP contribution < -0.4 is 10.6 Å². The van der Waals surface area contributed by atoms with Gasteiger partial charge in [-0.2, -0.15) is 0 Å². The van der Waals surface area contributed by atoms with Crippen LogP contribution >= 0.6 is 0 Å². The molecule has 0 radical (unpaired) electrons. The molecule has 0 atom stereocenters. The molecular weight excluding hydrogens is 238 g/mol. The Balaban J connectivity index is 1.50. The summed E-state index contributed by atoms with van der Waals surface area (Å²) in [5, 5.41) is 5.96. The minimum atomic E-state index is -0.00622. The third-order valence-electron chi connectivity index (χ3n) is 3.59. The first-order valence-corrected chi connectivity index (χ1v) is 7.28. The Bertz CT molecular complexity index is 374. The molecule has 0 aromatic carbocycles. The second-order valence-corrected chi connectivity index (χ2v) is 5.20. The smallest absolute Gasteiger partial charge is 0.315 e. The highest BCUT2D eigenvalue weighted by molar-refractivity contribution is 5.74. The van der Waals surface area contributed by atoms with Gasteiger partial charge >= 0.3 is 6.03 Å². The van der Waals surface area contributed by atoms with Crippen molar-refractivity contribution in [3.63, 3.8) is 0 Å². The fraction of sp³-hybridized carbons (Fsp3) is 0.600. The Morgan fingerprint density at radius 1 is 1.32 bits per heavy atom. The maximum absolute atomic E-state index is 11.6. The molecule has 0 aliphatic heterocycles. The van der Waals surface area contributed by atoms with Crippen LogP contribution in [-0.2, 0) is 6.42 Å². The molecule has 0 unspecified atom stereocenters. The molecule has 1 heterocycles. The van der Waals surface area contributed by atoms with E-state index in [-0.39, 0.29) is 6.03 Å². The third-order valence-corrected chi connectivity index (χ3v) is 3.59. The van der Waals surface area contributed by atoms with Gasteiger partial charge in [-0.1, -0.05) is 18.9 Å². The van der Waals surface area contributed by atoms with Gasteiger partial charge in [0.2, 0.25) is 0 Å². The highest BCUT2D eigenvalue weighted by Crippen LogP contribution is 2.17. The minimum absolute atomic E-state index is 0.00622. The zero-order valence-electron chi connectivity index (χ0n) is 11.4. The number of urea groups is 1. The summed E-state index contributed by atoms with van der Waals surface area (Å²) in [5.74, 6) is 0. The quantitative estimate of drug-likeness (QED) is 0.773. The molecule has 19 heavy (non-hydrogen) atoms. The standard InChI is InChI=1S/C15H23N3O/c19-15(18-14-8-1-2-9-14)17-11-4-3-6-13-7-5-10-16-12-13/h5,7,10,12,14H,1-4,6,8-9,11H2,(H2,17,18,19). The average Bonchev–Trinajstić information content (AvgIpc) is 2.92. The van der Waals surface area contributed by atoms with Crippen LogP contribution in [0.1, 0.15) is 44.1 Å². The van der Waals surface area contributed by atoms with E-state index in [1.807, 2.05) is 12.3 Å². The molecule has 2 rings (SSSR count).